The van der Waals surface area contributed by atoms with Crippen LogP contribution in [0.4, 0.5) is 5.69 Å². The Balaban J connectivity index is 1.62. The second-order valence-corrected chi connectivity index (χ2v) is 8.03. The van der Waals surface area contributed by atoms with Crippen molar-refractivity contribution in [2.75, 3.05) is 18.6 Å². The second-order valence-electron chi connectivity index (χ2n) is 8.03. The molecular weight excluding hydrogens is 446 g/mol. The number of fused-ring (bicyclic) bond motifs is 1. The third-order valence-electron chi connectivity index (χ3n) is 6.00. The molecule has 8 heteroatoms. The van der Waals surface area contributed by atoms with E-state index in [1.54, 1.807) is 67.5 Å². The summed E-state index contributed by atoms with van der Waals surface area (Å²) >= 11 is 0. The zero-order chi connectivity index (χ0) is 24.5. The number of esters is 1. The summed E-state index contributed by atoms with van der Waals surface area (Å²) in [6.07, 6.45) is 0. The molecule has 0 spiro atoms. The van der Waals surface area contributed by atoms with E-state index in [1.807, 2.05) is 24.3 Å². The van der Waals surface area contributed by atoms with Crippen LogP contribution in [0.15, 0.2) is 72.8 Å². The number of nitrogens with zero attached hydrogens (tertiary/aromatic N) is 2. The summed E-state index contributed by atoms with van der Waals surface area (Å²) in [6, 6.07) is 20.5. The first-order valence-electron chi connectivity index (χ1n) is 11.1. The van der Waals surface area contributed by atoms with Gasteiger partial charge in [0.2, 0.25) is 0 Å². The van der Waals surface area contributed by atoms with Crippen LogP contribution in [0.3, 0.4) is 0 Å². The highest BCUT2D eigenvalue weighted by Gasteiger charge is 2.43. The summed E-state index contributed by atoms with van der Waals surface area (Å²) in [4.78, 5) is 27.4. The van der Waals surface area contributed by atoms with Crippen LogP contribution in [0.2, 0.25) is 0 Å². The predicted octanol–water partition coefficient (Wildman–Crippen LogP) is 4.72. The van der Waals surface area contributed by atoms with E-state index in [1.165, 1.54) is 0 Å². The average Bonchev–Trinajstić information content (AvgIpc) is 3.44. The van der Waals surface area contributed by atoms with Gasteiger partial charge in [0.1, 0.15) is 17.2 Å². The fraction of sp³-hybridized carbons (Fsp3) is 0.148. The normalized spacial score (nSPS) is 14.6. The number of H-pyrrole nitrogens is 1. The molecule has 2 heterocycles. The van der Waals surface area contributed by atoms with Crippen molar-refractivity contribution in [1.29, 1.82) is 0 Å². The summed E-state index contributed by atoms with van der Waals surface area (Å²) in [5.41, 5.74) is 4.44. The molecule has 176 valence electrons. The summed E-state index contributed by atoms with van der Waals surface area (Å²) in [7, 11) is 1.60. The van der Waals surface area contributed by atoms with Gasteiger partial charge in [0.05, 0.1) is 31.0 Å². The van der Waals surface area contributed by atoms with Crippen molar-refractivity contribution in [3.8, 4) is 22.8 Å². The molecule has 0 saturated heterocycles. The molecule has 4 aromatic rings. The van der Waals surface area contributed by atoms with Crippen LogP contribution in [0.25, 0.3) is 11.3 Å². The van der Waals surface area contributed by atoms with E-state index in [2.05, 4.69) is 10.2 Å². The number of carbonyl (C=O) groups is 2. The summed E-state index contributed by atoms with van der Waals surface area (Å²) < 4.78 is 10.3. The molecule has 0 aliphatic carbocycles. The van der Waals surface area contributed by atoms with Crippen LogP contribution >= 0.6 is 0 Å². The molecular formula is C27H23N3O5. The first-order chi connectivity index (χ1) is 17.0. The standard InChI is InChI=1S/C27H23N3O5/c1-3-35-27(33)18-4-10-19(11-5-18)30-25(17-6-12-20(31)13-7-17)22-23(28-29-24(22)26(30)32)16-8-14-21(34-2)15-9-16/h4-15,25,31H,3H2,1-2H3,(H,28,29)/t25-/m1/s1. The number of hydrogen-bond acceptors (Lipinski definition) is 6. The third-order valence-corrected chi connectivity index (χ3v) is 6.00. The first-order valence-corrected chi connectivity index (χ1v) is 11.1. The smallest absolute Gasteiger partial charge is 0.338 e. The maximum Gasteiger partial charge on any atom is 0.338 e. The van der Waals surface area contributed by atoms with Crippen molar-refractivity contribution in [2.24, 2.45) is 0 Å². The Bertz CT molecular complexity index is 1380. The van der Waals surface area contributed by atoms with Crippen molar-refractivity contribution >= 4 is 17.6 Å². The molecule has 1 atom stereocenters. The zero-order valence-electron chi connectivity index (χ0n) is 19.2. The van der Waals surface area contributed by atoms with E-state index in [0.29, 0.717) is 22.6 Å². The SMILES string of the molecule is CCOC(=O)c1ccc(N2C(=O)c3[nH]nc(-c4ccc(OC)cc4)c3[C@H]2c2ccc(O)cc2)cc1. The molecule has 0 saturated carbocycles. The number of anilines is 1. The lowest BCUT2D eigenvalue weighted by Gasteiger charge is -2.26. The number of aromatic nitrogens is 2. The van der Waals surface area contributed by atoms with E-state index >= 15 is 0 Å². The molecule has 0 bridgehead atoms. The van der Waals surface area contributed by atoms with Crippen LogP contribution in [-0.2, 0) is 4.74 Å². The maximum absolute atomic E-state index is 13.6. The monoisotopic (exact) mass is 469 g/mol. The van der Waals surface area contributed by atoms with Gasteiger partial charge in [-0.2, -0.15) is 5.10 Å². The van der Waals surface area contributed by atoms with E-state index < -0.39 is 12.0 Å². The Morgan fingerprint density at radius 2 is 1.71 bits per heavy atom. The minimum atomic E-state index is -0.498. The van der Waals surface area contributed by atoms with Crippen molar-refractivity contribution < 1.29 is 24.2 Å². The Hall–Kier alpha value is -4.59. The summed E-state index contributed by atoms with van der Waals surface area (Å²) in [6.45, 7) is 2.03. The highest BCUT2D eigenvalue weighted by Crippen LogP contribution is 2.45. The molecule has 0 unspecified atom stereocenters. The van der Waals surface area contributed by atoms with Crippen molar-refractivity contribution in [3.05, 3.63) is 95.2 Å². The van der Waals surface area contributed by atoms with Gasteiger partial charge < -0.3 is 14.6 Å². The van der Waals surface area contributed by atoms with Gasteiger partial charge in [-0.05, 0) is 73.2 Å². The van der Waals surface area contributed by atoms with Gasteiger partial charge in [0.15, 0.2) is 0 Å². The van der Waals surface area contributed by atoms with E-state index in [-0.39, 0.29) is 18.3 Å². The first kappa shape index (κ1) is 22.2. The number of nitrogens with one attached hydrogen (secondary N) is 1. The number of methoxy groups -OCH3 is 1. The second kappa shape index (κ2) is 8.98. The van der Waals surface area contributed by atoms with Crippen molar-refractivity contribution in [3.63, 3.8) is 0 Å². The predicted molar refractivity (Wildman–Crippen MR) is 130 cm³/mol. The zero-order valence-corrected chi connectivity index (χ0v) is 19.2. The lowest BCUT2D eigenvalue weighted by Crippen LogP contribution is -2.29. The quantitative estimate of drug-likeness (QED) is 0.396. The molecule has 1 aliphatic rings. The number of phenolic OH excluding ortho intramolecular Hbond substituents is 1. The number of phenols is 1. The molecule has 2 N–H and O–H groups in total. The number of ether oxygens (including phenoxy) is 2. The molecule has 3 aromatic carbocycles. The lowest BCUT2D eigenvalue weighted by molar-refractivity contribution is 0.0526. The minimum absolute atomic E-state index is 0.131. The fourth-order valence-electron chi connectivity index (χ4n) is 4.33. The third kappa shape index (κ3) is 3.89. The van der Waals surface area contributed by atoms with Gasteiger partial charge in [-0.25, -0.2) is 4.79 Å². The highest BCUT2D eigenvalue weighted by molar-refractivity contribution is 6.12. The highest BCUT2D eigenvalue weighted by atomic mass is 16.5. The fourth-order valence-corrected chi connectivity index (χ4v) is 4.33. The minimum Gasteiger partial charge on any atom is -0.508 e. The van der Waals surface area contributed by atoms with Gasteiger partial charge in [-0.3, -0.25) is 14.8 Å². The molecule has 1 aliphatic heterocycles. The van der Waals surface area contributed by atoms with Crippen LogP contribution in [0.1, 0.15) is 44.9 Å². The van der Waals surface area contributed by atoms with E-state index in [4.69, 9.17) is 9.47 Å². The summed E-state index contributed by atoms with van der Waals surface area (Å²) in [5, 5.41) is 17.2. The van der Waals surface area contributed by atoms with Crippen LogP contribution < -0.4 is 9.64 Å². The largest absolute Gasteiger partial charge is 0.508 e. The number of hydrogen-bond donors (Lipinski definition) is 2. The topological polar surface area (TPSA) is 105 Å². The number of benzene rings is 3. The van der Waals surface area contributed by atoms with Crippen molar-refractivity contribution in [1.82, 2.24) is 10.2 Å². The number of rotatable bonds is 6. The van der Waals surface area contributed by atoms with Gasteiger partial charge >= 0.3 is 5.97 Å². The molecule has 5 rings (SSSR count). The number of aromatic hydroxyl groups is 1. The molecule has 0 radical (unpaired) electrons. The van der Waals surface area contributed by atoms with Crippen LogP contribution in [0, 0.1) is 0 Å². The molecule has 0 fully saturated rings. The molecule has 1 aromatic heterocycles. The molecule has 1 amide bonds. The number of aromatic amines is 1. The number of carbonyl (C=O) groups excluding carboxylic acids is 2. The number of amides is 1. The van der Waals surface area contributed by atoms with Gasteiger partial charge in [0.25, 0.3) is 5.91 Å². The van der Waals surface area contributed by atoms with E-state index in [9.17, 15) is 14.7 Å². The summed E-state index contributed by atoms with van der Waals surface area (Å²) in [5.74, 6) is 0.189. The van der Waals surface area contributed by atoms with Gasteiger partial charge in [-0.1, -0.05) is 12.1 Å². The average molecular weight is 469 g/mol. The Kier molecular flexibility index (Phi) is 5.70. The Morgan fingerprint density at radius 1 is 1.03 bits per heavy atom. The Morgan fingerprint density at radius 3 is 2.34 bits per heavy atom. The van der Waals surface area contributed by atoms with Gasteiger partial charge in [-0.15, -0.1) is 0 Å². The molecule has 8 nitrogen and oxygen atoms in total. The molecule has 35 heavy (non-hydrogen) atoms. The van der Waals surface area contributed by atoms with Crippen LogP contribution in [0.5, 0.6) is 11.5 Å². The van der Waals surface area contributed by atoms with Crippen LogP contribution in [-0.4, -0.2) is 40.9 Å². The van der Waals surface area contributed by atoms with Gasteiger partial charge in [0, 0.05) is 16.8 Å². The maximum atomic E-state index is 13.6. The van der Waals surface area contributed by atoms with Crippen molar-refractivity contribution in [2.45, 2.75) is 13.0 Å². The lowest BCUT2D eigenvalue weighted by atomic mass is 9.95. The Labute approximate surface area is 201 Å². The van der Waals surface area contributed by atoms with E-state index in [0.717, 1.165) is 22.4 Å².